The second-order valence-electron chi connectivity index (χ2n) is 2.40. The minimum Gasteiger partial charge on any atom is -0.399 e. The highest BCUT2D eigenvalue weighted by molar-refractivity contribution is 9.10. The lowest BCUT2D eigenvalue weighted by molar-refractivity contribution is -0.0906. The summed E-state index contributed by atoms with van der Waals surface area (Å²) in [4.78, 5) is 10.9. The smallest absolute Gasteiger partial charge is 0.389 e. The summed E-state index contributed by atoms with van der Waals surface area (Å²) in [6, 6.07) is 4.08. The van der Waals surface area contributed by atoms with Crippen molar-refractivity contribution in [1.29, 1.82) is 0 Å². The van der Waals surface area contributed by atoms with Gasteiger partial charge in [-0.3, -0.25) is 0 Å². The standard InChI is InChI=1S/C8H6BrF2NO2/c9-5-2-1-4(3-6(5)12)7(13)14-8(10)11/h1-3,8H,12H2. The number of carbonyl (C=O) groups is 1. The van der Waals surface area contributed by atoms with Gasteiger partial charge in [0.1, 0.15) is 0 Å². The minimum absolute atomic E-state index is 0.00833. The molecule has 6 heteroatoms. The topological polar surface area (TPSA) is 52.3 Å². The van der Waals surface area contributed by atoms with E-state index >= 15 is 0 Å². The number of nitrogen functional groups attached to an aromatic ring is 1. The van der Waals surface area contributed by atoms with E-state index in [0.717, 1.165) is 0 Å². The van der Waals surface area contributed by atoms with Crippen molar-refractivity contribution in [3.63, 3.8) is 0 Å². The molecule has 0 aliphatic carbocycles. The number of halogens is 3. The molecule has 0 heterocycles. The fraction of sp³-hybridized carbons (Fsp3) is 0.125. The van der Waals surface area contributed by atoms with Crippen molar-refractivity contribution < 1.29 is 18.3 Å². The van der Waals surface area contributed by atoms with Crippen molar-refractivity contribution in [3.05, 3.63) is 28.2 Å². The zero-order chi connectivity index (χ0) is 10.7. The van der Waals surface area contributed by atoms with E-state index in [1.165, 1.54) is 18.2 Å². The van der Waals surface area contributed by atoms with Gasteiger partial charge in [0.15, 0.2) is 0 Å². The summed E-state index contributed by atoms with van der Waals surface area (Å²) in [6.07, 6.45) is 0. The van der Waals surface area contributed by atoms with Crippen LogP contribution in [0.3, 0.4) is 0 Å². The lowest BCUT2D eigenvalue weighted by Gasteiger charge is -2.04. The van der Waals surface area contributed by atoms with Crippen LogP contribution in [0.2, 0.25) is 0 Å². The van der Waals surface area contributed by atoms with Crippen LogP contribution in [0, 0.1) is 0 Å². The number of alkyl halides is 2. The molecule has 3 nitrogen and oxygen atoms in total. The molecule has 0 aliphatic rings. The average molecular weight is 266 g/mol. The first-order valence-electron chi connectivity index (χ1n) is 3.55. The zero-order valence-corrected chi connectivity index (χ0v) is 8.42. The average Bonchev–Trinajstić information content (AvgIpc) is 2.08. The number of benzene rings is 1. The summed E-state index contributed by atoms with van der Waals surface area (Å²) in [5.41, 5.74) is 5.72. The predicted molar refractivity (Wildman–Crippen MR) is 50.0 cm³/mol. The largest absolute Gasteiger partial charge is 0.399 e. The molecule has 76 valence electrons. The Morgan fingerprint density at radius 2 is 2.14 bits per heavy atom. The Bertz CT molecular complexity index is 357. The molecule has 0 amide bonds. The Labute approximate surface area is 87.0 Å². The number of hydrogen-bond acceptors (Lipinski definition) is 3. The molecule has 0 atom stereocenters. The molecular weight excluding hydrogens is 260 g/mol. The Balaban J connectivity index is 2.86. The summed E-state index contributed by atoms with van der Waals surface area (Å²) in [5, 5.41) is 0. The summed E-state index contributed by atoms with van der Waals surface area (Å²) >= 11 is 3.10. The van der Waals surface area contributed by atoms with E-state index in [9.17, 15) is 13.6 Å². The first-order valence-corrected chi connectivity index (χ1v) is 4.34. The van der Waals surface area contributed by atoms with E-state index in [-0.39, 0.29) is 11.3 Å². The van der Waals surface area contributed by atoms with Gasteiger partial charge in [-0.15, -0.1) is 0 Å². The van der Waals surface area contributed by atoms with E-state index in [4.69, 9.17) is 5.73 Å². The van der Waals surface area contributed by atoms with Crippen LogP contribution in [0.25, 0.3) is 0 Å². The van der Waals surface area contributed by atoms with Crippen molar-refractivity contribution in [2.75, 3.05) is 5.73 Å². The van der Waals surface area contributed by atoms with Gasteiger partial charge in [-0.1, -0.05) is 0 Å². The number of carbonyl (C=O) groups excluding carboxylic acids is 1. The summed E-state index contributed by atoms with van der Waals surface area (Å²) in [6.45, 7) is -3.12. The molecule has 0 unspecified atom stereocenters. The van der Waals surface area contributed by atoms with Crippen LogP contribution in [-0.4, -0.2) is 12.6 Å². The van der Waals surface area contributed by atoms with E-state index in [1.807, 2.05) is 0 Å². The zero-order valence-electron chi connectivity index (χ0n) is 6.84. The molecule has 0 spiro atoms. The SMILES string of the molecule is Nc1cc(C(=O)OC(F)F)ccc1Br. The second kappa shape index (κ2) is 4.36. The maximum Gasteiger partial charge on any atom is 0.389 e. The lowest BCUT2D eigenvalue weighted by atomic mass is 10.2. The van der Waals surface area contributed by atoms with E-state index in [2.05, 4.69) is 20.7 Å². The van der Waals surface area contributed by atoms with Crippen molar-refractivity contribution in [2.24, 2.45) is 0 Å². The molecule has 0 aromatic heterocycles. The highest BCUT2D eigenvalue weighted by Crippen LogP contribution is 2.20. The molecule has 0 fully saturated rings. The molecule has 1 aromatic rings. The molecule has 1 rings (SSSR count). The Morgan fingerprint density at radius 1 is 1.50 bits per heavy atom. The second-order valence-corrected chi connectivity index (χ2v) is 3.26. The fourth-order valence-electron chi connectivity index (χ4n) is 0.820. The number of ether oxygens (including phenoxy) is 1. The molecule has 1 aromatic carbocycles. The van der Waals surface area contributed by atoms with Gasteiger partial charge in [-0.2, -0.15) is 8.78 Å². The number of anilines is 1. The fourth-order valence-corrected chi connectivity index (χ4v) is 1.07. The molecule has 0 aliphatic heterocycles. The first kappa shape index (κ1) is 10.9. The normalized spacial score (nSPS) is 10.3. The highest BCUT2D eigenvalue weighted by atomic mass is 79.9. The number of hydrogen-bond donors (Lipinski definition) is 1. The van der Waals surface area contributed by atoms with Crippen LogP contribution in [0.5, 0.6) is 0 Å². The number of nitrogens with two attached hydrogens (primary N) is 1. The van der Waals surface area contributed by atoms with Crippen molar-refractivity contribution in [3.8, 4) is 0 Å². The summed E-state index contributed by atoms with van der Waals surface area (Å²) in [5.74, 6) is -1.10. The molecular formula is C8H6BrF2NO2. The Kier molecular flexibility index (Phi) is 3.40. The molecule has 14 heavy (non-hydrogen) atoms. The van der Waals surface area contributed by atoms with Crippen molar-refractivity contribution >= 4 is 27.6 Å². The van der Waals surface area contributed by atoms with Gasteiger partial charge in [0, 0.05) is 10.2 Å². The predicted octanol–water partition coefficient (Wildman–Crippen LogP) is 2.41. The van der Waals surface area contributed by atoms with Gasteiger partial charge in [0.2, 0.25) is 0 Å². The third-order valence-electron chi connectivity index (χ3n) is 1.43. The lowest BCUT2D eigenvalue weighted by Crippen LogP contribution is -2.09. The maximum atomic E-state index is 11.7. The quantitative estimate of drug-likeness (QED) is 0.660. The van der Waals surface area contributed by atoms with Gasteiger partial charge in [-0.05, 0) is 34.1 Å². The van der Waals surface area contributed by atoms with Crippen LogP contribution in [-0.2, 0) is 4.74 Å². The number of rotatable bonds is 2. The van der Waals surface area contributed by atoms with Gasteiger partial charge in [0.25, 0.3) is 0 Å². The molecule has 2 N–H and O–H groups in total. The van der Waals surface area contributed by atoms with Crippen LogP contribution >= 0.6 is 15.9 Å². The maximum absolute atomic E-state index is 11.7. The van der Waals surface area contributed by atoms with E-state index in [1.54, 1.807) is 0 Å². The van der Waals surface area contributed by atoms with Crippen molar-refractivity contribution in [1.82, 2.24) is 0 Å². The molecule has 0 saturated heterocycles. The van der Waals surface area contributed by atoms with Crippen LogP contribution in [0.4, 0.5) is 14.5 Å². The van der Waals surface area contributed by atoms with Crippen LogP contribution in [0.15, 0.2) is 22.7 Å². The van der Waals surface area contributed by atoms with Gasteiger partial charge < -0.3 is 10.5 Å². The summed E-state index contributed by atoms with van der Waals surface area (Å²) in [7, 11) is 0. The monoisotopic (exact) mass is 265 g/mol. The highest BCUT2D eigenvalue weighted by Gasteiger charge is 2.13. The Hall–Kier alpha value is -1.17. The molecule has 0 radical (unpaired) electrons. The van der Waals surface area contributed by atoms with Gasteiger partial charge in [-0.25, -0.2) is 4.79 Å². The summed E-state index contributed by atoms with van der Waals surface area (Å²) < 4.78 is 27.6. The minimum atomic E-state index is -3.12. The van der Waals surface area contributed by atoms with Gasteiger partial charge in [0.05, 0.1) is 5.56 Å². The molecule has 0 saturated carbocycles. The van der Waals surface area contributed by atoms with E-state index < -0.39 is 12.6 Å². The Morgan fingerprint density at radius 3 is 2.64 bits per heavy atom. The van der Waals surface area contributed by atoms with Gasteiger partial charge >= 0.3 is 12.6 Å². The van der Waals surface area contributed by atoms with E-state index in [0.29, 0.717) is 4.47 Å². The third kappa shape index (κ3) is 2.66. The third-order valence-corrected chi connectivity index (χ3v) is 2.15. The molecule has 0 bridgehead atoms. The first-order chi connectivity index (χ1) is 6.50. The van der Waals surface area contributed by atoms with Crippen molar-refractivity contribution in [2.45, 2.75) is 6.61 Å². The number of esters is 1. The van der Waals surface area contributed by atoms with Crippen LogP contribution < -0.4 is 5.73 Å². The van der Waals surface area contributed by atoms with Crippen LogP contribution in [0.1, 0.15) is 10.4 Å².